The standard InChI is InChI=1S/C19H12F4N6/c20-13-3-1-12(2-4-13)17-18(28(11-26-17)8-7-19(21,22)23)15-5-6-16-25-10-14(9-24)29(16)27-15/h1-6,10-11H,7-8H2. The van der Waals surface area contributed by atoms with Gasteiger partial charge in [0.05, 0.1) is 30.3 Å². The molecule has 0 saturated carbocycles. The van der Waals surface area contributed by atoms with E-state index in [0.29, 0.717) is 28.3 Å². The molecule has 29 heavy (non-hydrogen) atoms. The van der Waals surface area contributed by atoms with Gasteiger partial charge in [0.25, 0.3) is 0 Å². The Kier molecular flexibility index (Phi) is 4.50. The summed E-state index contributed by atoms with van der Waals surface area (Å²) in [6.07, 6.45) is -2.73. The first-order valence-corrected chi connectivity index (χ1v) is 8.49. The molecule has 3 heterocycles. The Bertz CT molecular complexity index is 1210. The number of rotatable bonds is 4. The summed E-state index contributed by atoms with van der Waals surface area (Å²) >= 11 is 0. The fourth-order valence-corrected chi connectivity index (χ4v) is 2.96. The highest BCUT2D eigenvalue weighted by atomic mass is 19.4. The predicted octanol–water partition coefficient (Wildman–Crippen LogP) is 4.22. The monoisotopic (exact) mass is 400 g/mol. The average molecular weight is 400 g/mol. The van der Waals surface area contributed by atoms with Gasteiger partial charge in [0.1, 0.15) is 17.6 Å². The number of nitrogens with zero attached hydrogens (tertiary/aromatic N) is 6. The number of halogens is 4. The minimum atomic E-state index is -4.34. The summed E-state index contributed by atoms with van der Waals surface area (Å²) in [5, 5.41) is 13.6. The topological polar surface area (TPSA) is 71.8 Å². The second-order valence-corrected chi connectivity index (χ2v) is 6.25. The number of hydrogen-bond donors (Lipinski definition) is 0. The van der Waals surface area contributed by atoms with Gasteiger partial charge in [0, 0.05) is 12.1 Å². The molecule has 0 bridgehead atoms. The normalized spacial score (nSPS) is 11.7. The number of aryl methyl sites for hydroxylation is 1. The molecule has 0 atom stereocenters. The Balaban J connectivity index is 1.88. The molecule has 0 saturated heterocycles. The Morgan fingerprint density at radius 2 is 1.79 bits per heavy atom. The van der Waals surface area contributed by atoms with Gasteiger partial charge in [-0.2, -0.15) is 23.5 Å². The van der Waals surface area contributed by atoms with Crippen LogP contribution in [0.5, 0.6) is 0 Å². The van der Waals surface area contributed by atoms with Crippen LogP contribution in [-0.4, -0.2) is 30.3 Å². The number of alkyl halides is 3. The Morgan fingerprint density at radius 3 is 2.48 bits per heavy atom. The Morgan fingerprint density at radius 1 is 1.03 bits per heavy atom. The first-order chi connectivity index (χ1) is 13.9. The summed E-state index contributed by atoms with van der Waals surface area (Å²) in [6, 6.07) is 10.6. The van der Waals surface area contributed by atoms with Crippen LogP contribution in [0, 0.1) is 17.1 Å². The van der Waals surface area contributed by atoms with Crippen LogP contribution in [0.2, 0.25) is 0 Å². The lowest BCUT2D eigenvalue weighted by Gasteiger charge is -2.12. The Hall–Kier alpha value is -3.74. The van der Waals surface area contributed by atoms with Crippen LogP contribution in [-0.2, 0) is 6.54 Å². The summed E-state index contributed by atoms with van der Waals surface area (Å²) in [4.78, 5) is 8.31. The summed E-state index contributed by atoms with van der Waals surface area (Å²) in [6.45, 7) is -0.359. The van der Waals surface area contributed by atoms with Crippen LogP contribution in [0.4, 0.5) is 17.6 Å². The highest BCUT2D eigenvalue weighted by Gasteiger charge is 2.28. The maximum Gasteiger partial charge on any atom is 0.390 e. The third kappa shape index (κ3) is 3.67. The van der Waals surface area contributed by atoms with Crippen LogP contribution in [0.3, 0.4) is 0 Å². The fourth-order valence-electron chi connectivity index (χ4n) is 2.96. The molecule has 0 fully saturated rings. The molecule has 0 aliphatic heterocycles. The number of hydrogen-bond acceptors (Lipinski definition) is 4. The van der Waals surface area contributed by atoms with Crippen molar-refractivity contribution >= 4 is 5.65 Å². The number of aromatic nitrogens is 5. The smallest absolute Gasteiger partial charge is 0.328 e. The van der Waals surface area contributed by atoms with E-state index in [1.807, 2.05) is 6.07 Å². The number of nitriles is 1. The highest BCUT2D eigenvalue weighted by Crippen LogP contribution is 2.32. The minimum Gasteiger partial charge on any atom is -0.328 e. The zero-order chi connectivity index (χ0) is 20.6. The molecule has 0 radical (unpaired) electrons. The molecule has 1 aromatic carbocycles. The zero-order valence-corrected chi connectivity index (χ0v) is 14.7. The number of imidazole rings is 2. The van der Waals surface area contributed by atoms with E-state index < -0.39 is 18.4 Å². The molecular weight excluding hydrogens is 388 g/mol. The molecule has 0 aliphatic carbocycles. The van der Waals surface area contributed by atoms with Gasteiger partial charge in [-0.3, -0.25) is 0 Å². The van der Waals surface area contributed by atoms with Crippen molar-refractivity contribution in [2.45, 2.75) is 19.1 Å². The van der Waals surface area contributed by atoms with Crippen molar-refractivity contribution in [3.63, 3.8) is 0 Å². The van der Waals surface area contributed by atoms with Crippen molar-refractivity contribution in [3.05, 3.63) is 60.4 Å². The average Bonchev–Trinajstić information content (AvgIpc) is 3.29. The summed E-state index contributed by atoms with van der Waals surface area (Å²) in [5.74, 6) is -0.441. The van der Waals surface area contributed by atoms with Crippen molar-refractivity contribution in [2.75, 3.05) is 0 Å². The molecule has 4 rings (SSSR count). The minimum absolute atomic E-state index is 0.187. The van der Waals surface area contributed by atoms with Crippen molar-refractivity contribution in [2.24, 2.45) is 0 Å². The van der Waals surface area contributed by atoms with E-state index in [1.54, 1.807) is 12.1 Å². The summed E-state index contributed by atoms with van der Waals surface area (Å²) < 4.78 is 54.3. The molecule has 0 unspecified atom stereocenters. The van der Waals surface area contributed by atoms with Crippen LogP contribution >= 0.6 is 0 Å². The fraction of sp³-hybridized carbons (Fsp3) is 0.158. The maximum absolute atomic E-state index is 13.3. The third-order valence-corrected chi connectivity index (χ3v) is 4.31. The molecule has 0 aliphatic rings. The van der Waals surface area contributed by atoms with Crippen LogP contribution in [0.25, 0.3) is 28.3 Å². The van der Waals surface area contributed by atoms with Gasteiger partial charge in [-0.15, -0.1) is 0 Å². The molecule has 0 N–H and O–H groups in total. The van der Waals surface area contributed by atoms with Crippen LogP contribution in [0.15, 0.2) is 48.9 Å². The van der Waals surface area contributed by atoms with Gasteiger partial charge in [0.2, 0.25) is 0 Å². The van der Waals surface area contributed by atoms with E-state index in [1.165, 1.54) is 45.9 Å². The lowest BCUT2D eigenvalue weighted by Crippen LogP contribution is -2.13. The van der Waals surface area contributed by atoms with E-state index in [0.717, 1.165) is 0 Å². The van der Waals surface area contributed by atoms with Crippen LogP contribution in [0.1, 0.15) is 12.1 Å². The predicted molar refractivity (Wildman–Crippen MR) is 95.0 cm³/mol. The SMILES string of the molecule is N#Cc1cnc2ccc(-c3c(-c4ccc(F)cc4)ncn3CCC(F)(F)F)nn12. The van der Waals surface area contributed by atoms with E-state index >= 15 is 0 Å². The van der Waals surface area contributed by atoms with Gasteiger partial charge < -0.3 is 4.57 Å². The van der Waals surface area contributed by atoms with Gasteiger partial charge >= 0.3 is 6.18 Å². The molecule has 146 valence electrons. The summed E-state index contributed by atoms with van der Waals surface area (Å²) in [5.41, 5.74) is 2.14. The summed E-state index contributed by atoms with van der Waals surface area (Å²) in [7, 11) is 0. The number of fused-ring (bicyclic) bond motifs is 1. The van der Waals surface area contributed by atoms with Gasteiger partial charge in [-0.25, -0.2) is 18.9 Å². The second kappa shape index (κ2) is 7.01. The molecule has 3 aromatic heterocycles. The van der Waals surface area contributed by atoms with Crippen LogP contribution < -0.4 is 0 Å². The highest BCUT2D eigenvalue weighted by molar-refractivity contribution is 5.77. The quantitative estimate of drug-likeness (QED) is 0.481. The lowest BCUT2D eigenvalue weighted by atomic mass is 10.1. The molecular formula is C19H12F4N6. The first-order valence-electron chi connectivity index (χ1n) is 8.49. The molecule has 4 aromatic rings. The largest absolute Gasteiger partial charge is 0.390 e. The van der Waals surface area contributed by atoms with E-state index in [-0.39, 0.29) is 12.2 Å². The maximum atomic E-state index is 13.3. The second-order valence-electron chi connectivity index (χ2n) is 6.25. The van der Waals surface area contributed by atoms with E-state index in [9.17, 15) is 22.8 Å². The molecule has 10 heteroatoms. The van der Waals surface area contributed by atoms with Crippen molar-refractivity contribution in [3.8, 4) is 28.7 Å². The third-order valence-electron chi connectivity index (χ3n) is 4.31. The van der Waals surface area contributed by atoms with Crippen molar-refractivity contribution in [1.29, 1.82) is 5.26 Å². The van der Waals surface area contributed by atoms with Gasteiger partial charge in [-0.1, -0.05) is 0 Å². The van der Waals surface area contributed by atoms with E-state index in [4.69, 9.17) is 0 Å². The van der Waals surface area contributed by atoms with Crippen molar-refractivity contribution < 1.29 is 17.6 Å². The first kappa shape index (κ1) is 18.6. The zero-order valence-electron chi connectivity index (χ0n) is 14.7. The molecule has 0 amide bonds. The molecule has 0 spiro atoms. The van der Waals surface area contributed by atoms with Gasteiger partial charge in [0.15, 0.2) is 11.3 Å². The molecule has 6 nitrogen and oxygen atoms in total. The van der Waals surface area contributed by atoms with Gasteiger partial charge in [-0.05, 0) is 36.4 Å². The van der Waals surface area contributed by atoms with Crippen molar-refractivity contribution in [1.82, 2.24) is 24.1 Å². The Labute approximate surface area is 161 Å². The number of benzene rings is 1. The van der Waals surface area contributed by atoms with E-state index in [2.05, 4.69) is 15.1 Å². The lowest BCUT2D eigenvalue weighted by molar-refractivity contribution is -0.136.